The van der Waals surface area contributed by atoms with Crippen molar-refractivity contribution in [1.29, 1.82) is 0 Å². The Bertz CT molecular complexity index is 515. The minimum absolute atomic E-state index is 0.0644. The predicted octanol–water partition coefficient (Wildman–Crippen LogP) is 0.325. The number of hydrogen-bond acceptors (Lipinski definition) is 5. The van der Waals surface area contributed by atoms with E-state index in [-0.39, 0.29) is 18.7 Å². The summed E-state index contributed by atoms with van der Waals surface area (Å²) < 4.78 is 10.6. The SMILES string of the molecule is CC(C(=O)NCc1ccc2c(c1)OCO2)N1CCNCC1. The number of hydrogen-bond donors (Lipinski definition) is 2. The van der Waals surface area contributed by atoms with Crippen molar-refractivity contribution in [1.82, 2.24) is 15.5 Å². The van der Waals surface area contributed by atoms with Crippen LogP contribution in [0.15, 0.2) is 18.2 Å². The maximum atomic E-state index is 12.2. The van der Waals surface area contributed by atoms with Crippen LogP contribution in [0.1, 0.15) is 12.5 Å². The summed E-state index contributed by atoms with van der Waals surface area (Å²) in [6, 6.07) is 5.64. The molecule has 3 rings (SSSR count). The van der Waals surface area contributed by atoms with Gasteiger partial charge in [0.05, 0.1) is 6.04 Å². The van der Waals surface area contributed by atoms with Gasteiger partial charge in [-0.3, -0.25) is 9.69 Å². The summed E-state index contributed by atoms with van der Waals surface area (Å²) >= 11 is 0. The Morgan fingerprint density at radius 2 is 2.10 bits per heavy atom. The Labute approximate surface area is 124 Å². The Morgan fingerprint density at radius 3 is 2.90 bits per heavy atom. The third-order valence-corrected chi connectivity index (χ3v) is 3.98. The molecule has 2 heterocycles. The molecule has 2 N–H and O–H groups in total. The molecule has 1 atom stereocenters. The van der Waals surface area contributed by atoms with Gasteiger partial charge in [0, 0.05) is 32.7 Å². The zero-order chi connectivity index (χ0) is 14.7. The van der Waals surface area contributed by atoms with Gasteiger partial charge >= 0.3 is 0 Å². The van der Waals surface area contributed by atoms with Crippen LogP contribution < -0.4 is 20.1 Å². The first-order valence-electron chi connectivity index (χ1n) is 7.35. The summed E-state index contributed by atoms with van der Waals surface area (Å²) in [7, 11) is 0. The summed E-state index contributed by atoms with van der Waals surface area (Å²) in [5.41, 5.74) is 1.01. The maximum absolute atomic E-state index is 12.2. The number of fused-ring (bicyclic) bond motifs is 1. The van der Waals surface area contributed by atoms with Crippen LogP contribution in [0, 0.1) is 0 Å². The summed E-state index contributed by atoms with van der Waals surface area (Å²) in [6.07, 6.45) is 0. The number of ether oxygens (including phenoxy) is 2. The van der Waals surface area contributed by atoms with Gasteiger partial charge in [0.15, 0.2) is 11.5 Å². The highest BCUT2D eigenvalue weighted by molar-refractivity contribution is 5.81. The summed E-state index contributed by atoms with van der Waals surface area (Å²) in [5.74, 6) is 1.57. The molecule has 0 radical (unpaired) electrons. The highest BCUT2D eigenvalue weighted by Gasteiger charge is 2.22. The molecule has 0 aliphatic carbocycles. The highest BCUT2D eigenvalue weighted by atomic mass is 16.7. The minimum Gasteiger partial charge on any atom is -0.454 e. The summed E-state index contributed by atoms with van der Waals surface area (Å²) in [6.45, 7) is 6.45. The van der Waals surface area contributed by atoms with E-state index in [1.807, 2.05) is 25.1 Å². The standard InChI is InChI=1S/C15H21N3O3/c1-11(18-6-4-16-5-7-18)15(19)17-9-12-2-3-13-14(8-12)21-10-20-13/h2-3,8,11,16H,4-7,9-10H2,1H3,(H,17,19). The second kappa shape index (κ2) is 6.32. The molecule has 1 saturated heterocycles. The van der Waals surface area contributed by atoms with E-state index in [1.165, 1.54) is 0 Å². The first-order chi connectivity index (χ1) is 10.2. The smallest absolute Gasteiger partial charge is 0.237 e. The van der Waals surface area contributed by atoms with E-state index >= 15 is 0 Å². The predicted molar refractivity (Wildman–Crippen MR) is 78.3 cm³/mol. The summed E-state index contributed by atoms with van der Waals surface area (Å²) in [4.78, 5) is 14.4. The van der Waals surface area contributed by atoms with Crippen LogP contribution in [0.25, 0.3) is 0 Å². The zero-order valence-corrected chi connectivity index (χ0v) is 12.2. The number of carbonyl (C=O) groups excluding carboxylic acids is 1. The first kappa shape index (κ1) is 14.2. The third kappa shape index (κ3) is 3.28. The molecule has 6 nitrogen and oxygen atoms in total. The fraction of sp³-hybridized carbons (Fsp3) is 0.533. The van der Waals surface area contributed by atoms with Gasteiger partial charge in [-0.05, 0) is 24.6 Å². The maximum Gasteiger partial charge on any atom is 0.237 e. The van der Waals surface area contributed by atoms with Crippen LogP contribution in [0.3, 0.4) is 0 Å². The molecule has 0 bridgehead atoms. The van der Waals surface area contributed by atoms with E-state index in [0.717, 1.165) is 43.2 Å². The summed E-state index contributed by atoms with van der Waals surface area (Å²) in [5, 5.41) is 6.28. The van der Waals surface area contributed by atoms with E-state index in [9.17, 15) is 4.79 Å². The van der Waals surface area contributed by atoms with Crippen molar-refractivity contribution in [3.63, 3.8) is 0 Å². The van der Waals surface area contributed by atoms with Crippen molar-refractivity contribution in [3.8, 4) is 11.5 Å². The second-order valence-corrected chi connectivity index (χ2v) is 5.37. The van der Waals surface area contributed by atoms with Gasteiger partial charge in [-0.1, -0.05) is 6.07 Å². The number of piperazine rings is 1. The number of benzene rings is 1. The number of nitrogens with zero attached hydrogens (tertiary/aromatic N) is 1. The van der Waals surface area contributed by atoms with Crippen molar-refractivity contribution < 1.29 is 14.3 Å². The van der Waals surface area contributed by atoms with E-state index < -0.39 is 0 Å². The van der Waals surface area contributed by atoms with E-state index in [2.05, 4.69) is 15.5 Å². The molecule has 1 unspecified atom stereocenters. The molecule has 1 amide bonds. The average molecular weight is 291 g/mol. The lowest BCUT2D eigenvalue weighted by Crippen LogP contribution is -2.52. The zero-order valence-electron chi connectivity index (χ0n) is 12.2. The number of rotatable bonds is 4. The lowest BCUT2D eigenvalue weighted by Gasteiger charge is -2.31. The molecule has 21 heavy (non-hydrogen) atoms. The van der Waals surface area contributed by atoms with Crippen molar-refractivity contribution in [2.45, 2.75) is 19.5 Å². The van der Waals surface area contributed by atoms with Gasteiger partial charge in [-0.2, -0.15) is 0 Å². The minimum atomic E-state index is -0.0962. The Kier molecular flexibility index (Phi) is 4.26. The van der Waals surface area contributed by atoms with Crippen molar-refractivity contribution in [2.24, 2.45) is 0 Å². The topological polar surface area (TPSA) is 62.8 Å². The largest absolute Gasteiger partial charge is 0.454 e. The van der Waals surface area contributed by atoms with E-state index in [4.69, 9.17) is 9.47 Å². The van der Waals surface area contributed by atoms with Crippen molar-refractivity contribution in [3.05, 3.63) is 23.8 Å². The van der Waals surface area contributed by atoms with Crippen LogP contribution >= 0.6 is 0 Å². The number of carbonyl (C=O) groups is 1. The first-order valence-corrected chi connectivity index (χ1v) is 7.35. The lowest BCUT2D eigenvalue weighted by molar-refractivity contribution is -0.126. The van der Waals surface area contributed by atoms with Gasteiger partial charge < -0.3 is 20.1 Å². The monoisotopic (exact) mass is 291 g/mol. The van der Waals surface area contributed by atoms with Crippen molar-refractivity contribution >= 4 is 5.91 Å². The van der Waals surface area contributed by atoms with Gasteiger partial charge in [0.2, 0.25) is 12.7 Å². The van der Waals surface area contributed by atoms with E-state index in [1.54, 1.807) is 0 Å². The van der Waals surface area contributed by atoms with Crippen LogP contribution in [0.5, 0.6) is 11.5 Å². The number of nitrogens with one attached hydrogen (secondary N) is 2. The molecular formula is C15H21N3O3. The molecule has 1 fully saturated rings. The number of amides is 1. The Balaban J connectivity index is 1.53. The Hall–Kier alpha value is -1.79. The molecule has 1 aromatic rings. The Morgan fingerprint density at radius 1 is 1.33 bits per heavy atom. The molecule has 2 aliphatic heterocycles. The van der Waals surface area contributed by atoms with Crippen LogP contribution in [0.2, 0.25) is 0 Å². The van der Waals surface area contributed by atoms with Gasteiger partial charge in [-0.15, -0.1) is 0 Å². The second-order valence-electron chi connectivity index (χ2n) is 5.37. The highest BCUT2D eigenvalue weighted by Crippen LogP contribution is 2.32. The molecule has 6 heteroatoms. The van der Waals surface area contributed by atoms with Gasteiger partial charge in [0.1, 0.15) is 0 Å². The van der Waals surface area contributed by atoms with Gasteiger partial charge in [0.25, 0.3) is 0 Å². The fourth-order valence-corrected chi connectivity index (χ4v) is 2.62. The lowest BCUT2D eigenvalue weighted by atomic mass is 10.2. The molecule has 1 aromatic carbocycles. The molecule has 114 valence electrons. The quantitative estimate of drug-likeness (QED) is 0.837. The molecule has 0 saturated carbocycles. The van der Waals surface area contributed by atoms with Crippen LogP contribution in [-0.4, -0.2) is 49.8 Å². The molecule has 2 aliphatic rings. The van der Waals surface area contributed by atoms with E-state index in [0.29, 0.717) is 6.54 Å². The third-order valence-electron chi connectivity index (χ3n) is 3.98. The fourth-order valence-electron chi connectivity index (χ4n) is 2.62. The van der Waals surface area contributed by atoms with Crippen LogP contribution in [-0.2, 0) is 11.3 Å². The average Bonchev–Trinajstić information content (AvgIpc) is 3.00. The normalized spacial score (nSPS) is 19.3. The molecule has 0 spiro atoms. The van der Waals surface area contributed by atoms with Gasteiger partial charge in [-0.25, -0.2) is 0 Å². The molecular weight excluding hydrogens is 270 g/mol. The van der Waals surface area contributed by atoms with Crippen molar-refractivity contribution in [2.75, 3.05) is 33.0 Å². The van der Waals surface area contributed by atoms with Crippen LogP contribution in [0.4, 0.5) is 0 Å². The molecule has 0 aromatic heterocycles.